The molecule has 1 aromatic carbocycles. The molecule has 2 N–H and O–H groups in total. The van der Waals surface area contributed by atoms with Gasteiger partial charge in [0.25, 0.3) is 0 Å². The first kappa shape index (κ1) is 13.5. The number of benzene rings is 1. The van der Waals surface area contributed by atoms with E-state index in [1.807, 2.05) is 25.1 Å². The fourth-order valence-electron chi connectivity index (χ4n) is 2.58. The first-order chi connectivity index (χ1) is 8.91. The van der Waals surface area contributed by atoms with E-state index in [1.165, 1.54) is 0 Å². The number of phenolic OH excluding ortho intramolecular Hbond substituents is 1. The molecule has 2 rings (SSSR count). The molecule has 19 heavy (non-hydrogen) atoms. The number of aliphatic carboxylic acids is 1. The molecule has 0 spiro atoms. The first-order valence-electron chi connectivity index (χ1n) is 6.46. The largest absolute Gasteiger partial charge is 0.507 e. The summed E-state index contributed by atoms with van der Waals surface area (Å²) < 4.78 is 2.10. The van der Waals surface area contributed by atoms with Gasteiger partial charge in [-0.05, 0) is 32.0 Å². The van der Waals surface area contributed by atoms with Crippen molar-refractivity contribution < 1.29 is 15.0 Å². The maximum Gasteiger partial charge on any atom is 0.304 e. The van der Waals surface area contributed by atoms with Gasteiger partial charge in [-0.2, -0.15) is 0 Å². The van der Waals surface area contributed by atoms with Crippen molar-refractivity contribution in [2.45, 2.75) is 39.2 Å². The Balaban J connectivity index is 2.63. The lowest BCUT2D eigenvalue weighted by Crippen LogP contribution is -2.11. The quantitative estimate of drug-likeness (QED) is 0.885. The van der Waals surface area contributed by atoms with Crippen LogP contribution in [-0.2, 0) is 4.79 Å². The number of rotatable bonds is 4. The zero-order chi connectivity index (χ0) is 14.2. The minimum absolute atomic E-state index is 0.0871. The molecule has 102 valence electrons. The van der Waals surface area contributed by atoms with Gasteiger partial charge in [0.2, 0.25) is 0 Å². The molecule has 1 atom stereocenters. The number of carboxylic acids is 1. The molecule has 0 aliphatic heterocycles. The second-order valence-corrected chi connectivity index (χ2v) is 5.24. The zero-order valence-corrected chi connectivity index (χ0v) is 11.4. The monoisotopic (exact) mass is 261 g/mol. The second kappa shape index (κ2) is 4.96. The van der Waals surface area contributed by atoms with E-state index >= 15 is 0 Å². The lowest BCUT2D eigenvalue weighted by molar-refractivity contribution is -0.137. The average Bonchev–Trinajstić information content (AvgIpc) is 2.68. The Kier molecular flexibility index (Phi) is 3.51. The highest BCUT2D eigenvalue weighted by molar-refractivity contribution is 5.87. The Morgan fingerprint density at radius 2 is 2.00 bits per heavy atom. The molecule has 0 aliphatic rings. The van der Waals surface area contributed by atoms with Gasteiger partial charge in [0.15, 0.2) is 0 Å². The fraction of sp³-hybridized carbons (Fsp3) is 0.400. The van der Waals surface area contributed by atoms with E-state index in [9.17, 15) is 9.90 Å². The zero-order valence-electron chi connectivity index (χ0n) is 11.4. The normalized spacial score (nSPS) is 13.1. The molecular formula is C15H19NO3. The Morgan fingerprint density at radius 1 is 1.32 bits per heavy atom. The number of phenols is 1. The van der Waals surface area contributed by atoms with Gasteiger partial charge in [0.05, 0.1) is 11.9 Å². The van der Waals surface area contributed by atoms with Crippen LogP contribution in [0.25, 0.3) is 10.9 Å². The van der Waals surface area contributed by atoms with Gasteiger partial charge in [-0.15, -0.1) is 0 Å². The topological polar surface area (TPSA) is 62.5 Å². The van der Waals surface area contributed by atoms with Crippen molar-refractivity contribution in [3.05, 3.63) is 30.0 Å². The van der Waals surface area contributed by atoms with E-state index in [1.54, 1.807) is 6.07 Å². The highest BCUT2D eigenvalue weighted by Crippen LogP contribution is 2.34. The summed E-state index contributed by atoms with van der Waals surface area (Å²) in [5.74, 6) is -0.662. The molecule has 1 heterocycles. The Labute approximate surface area is 112 Å². The third-order valence-electron chi connectivity index (χ3n) is 3.39. The van der Waals surface area contributed by atoms with Crippen LogP contribution >= 0.6 is 0 Å². The van der Waals surface area contributed by atoms with Crippen LogP contribution < -0.4 is 0 Å². The molecule has 0 radical (unpaired) electrons. The van der Waals surface area contributed by atoms with Gasteiger partial charge in [-0.3, -0.25) is 4.79 Å². The van der Waals surface area contributed by atoms with E-state index in [-0.39, 0.29) is 24.1 Å². The summed E-state index contributed by atoms with van der Waals surface area (Å²) >= 11 is 0. The van der Waals surface area contributed by atoms with Gasteiger partial charge in [0.1, 0.15) is 5.75 Å². The SMILES string of the molecule is CC(CC(=O)O)c1cc2c(O)cccc2n1C(C)C. The van der Waals surface area contributed by atoms with E-state index in [0.717, 1.165) is 16.6 Å². The molecule has 2 aromatic rings. The van der Waals surface area contributed by atoms with Crippen LogP contribution in [0.3, 0.4) is 0 Å². The van der Waals surface area contributed by atoms with Crippen LogP contribution in [0.5, 0.6) is 5.75 Å². The minimum atomic E-state index is -0.808. The third-order valence-corrected chi connectivity index (χ3v) is 3.39. The van der Waals surface area contributed by atoms with Crippen molar-refractivity contribution in [1.29, 1.82) is 0 Å². The van der Waals surface area contributed by atoms with Gasteiger partial charge in [-0.1, -0.05) is 13.0 Å². The molecule has 0 aliphatic carbocycles. The molecule has 0 amide bonds. The van der Waals surface area contributed by atoms with E-state index in [4.69, 9.17) is 5.11 Å². The average molecular weight is 261 g/mol. The van der Waals surface area contributed by atoms with Crippen molar-refractivity contribution in [2.75, 3.05) is 0 Å². The van der Waals surface area contributed by atoms with E-state index in [0.29, 0.717) is 0 Å². The van der Waals surface area contributed by atoms with Gasteiger partial charge in [0, 0.05) is 23.0 Å². The van der Waals surface area contributed by atoms with Crippen LogP contribution in [0.1, 0.15) is 44.8 Å². The molecule has 0 saturated heterocycles. The van der Waals surface area contributed by atoms with Crippen LogP contribution in [0.15, 0.2) is 24.3 Å². The van der Waals surface area contributed by atoms with E-state index < -0.39 is 5.97 Å². The molecule has 4 nitrogen and oxygen atoms in total. The van der Waals surface area contributed by atoms with Crippen LogP contribution in [0.4, 0.5) is 0 Å². The molecule has 0 saturated carbocycles. The van der Waals surface area contributed by atoms with Crippen molar-refractivity contribution in [3.8, 4) is 5.75 Å². The summed E-state index contributed by atoms with van der Waals surface area (Å²) in [5, 5.41) is 19.7. The van der Waals surface area contributed by atoms with Crippen molar-refractivity contribution in [3.63, 3.8) is 0 Å². The maximum absolute atomic E-state index is 10.9. The van der Waals surface area contributed by atoms with Crippen LogP contribution in [0.2, 0.25) is 0 Å². The summed E-state index contributed by atoms with van der Waals surface area (Å²) in [4.78, 5) is 10.9. The van der Waals surface area contributed by atoms with Gasteiger partial charge >= 0.3 is 5.97 Å². The minimum Gasteiger partial charge on any atom is -0.507 e. The summed E-state index contributed by atoms with van der Waals surface area (Å²) in [6, 6.07) is 7.52. The number of carboxylic acid groups (broad SMARTS) is 1. The number of aromatic nitrogens is 1. The first-order valence-corrected chi connectivity index (χ1v) is 6.46. The summed E-state index contributed by atoms with van der Waals surface area (Å²) in [5.41, 5.74) is 1.90. The predicted molar refractivity (Wildman–Crippen MR) is 74.7 cm³/mol. The van der Waals surface area contributed by atoms with Crippen LogP contribution in [-0.4, -0.2) is 20.7 Å². The highest BCUT2D eigenvalue weighted by atomic mass is 16.4. The number of hydrogen-bond acceptors (Lipinski definition) is 2. The highest BCUT2D eigenvalue weighted by Gasteiger charge is 2.19. The lowest BCUT2D eigenvalue weighted by atomic mass is 10.0. The van der Waals surface area contributed by atoms with E-state index in [2.05, 4.69) is 18.4 Å². The van der Waals surface area contributed by atoms with Crippen molar-refractivity contribution in [1.82, 2.24) is 4.57 Å². The predicted octanol–water partition coefficient (Wildman–Crippen LogP) is 3.51. The number of aromatic hydroxyl groups is 1. The standard InChI is InChI=1S/C15H19NO3/c1-9(2)16-12-5-4-6-14(17)11(12)8-13(16)10(3)7-15(18)19/h4-6,8-10,17H,7H2,1-3H3,(H,18,19). The lowest BCUT2D eigenvalue weighted by Gasteiger charge is -2.18. The Morgan fingerprint density at radius 3 is 2.58 bits per heavy atom. The van der Waals surface area contributed by atoms with Crippen molar-refractivity contribution in [2.24, 2.45) is 0 Å². The molecule has 0 bridgehead atoms. The summed E-state index contributed by atoms with van der Waals surface area (Å²) in [7, 11) is 0. The van der Waals surface area contributed by atoms with Crippen LogP contribution in [0, 0.1) is 0 Å². The number of fused-ring (bicyclic) bond motifs is 1. The second-order valence-electron chi connectivity index (χ2n) is 5.24. The molecule has 0 fully saturated rings. The van der Waals surface area contributed by atoms with Gasteiger partial charge in [-0.25, -0.2) is 0 Å². The smallest absolute Gasteiger partial charge is 0.304 e. The molecular weight excluding hydrogens is 242 g/mol. The number of nitrogens with zero attached hydrogens (tertiary/aromatic N) is 1. The molecule has 1 unspecified atom stereocenters. The van der Waals surface area contributed by atoms with Crippen molar-refractivity contribution >= 4 is 16.9 Å². The van der Waals surface area contributed by atoms with Gasteiger partial charge < -0.3 is 14.8 Å². The maximum atomic E-state index is 10.9. The molecule has 1 aromatic heterocycles. The Hall–Kier alpha value is -1.97. The third kappa shape index (κ3) is 2.43. The molecule has 4 heteroatoms. The number of carbonyl (C=O) groups is 1. The Bertz CT molecular complexity index is 613. The fourth-order valence-corrected chi connectivity index (χ4v) is 2.58. The number of hydrogen-bond donors (Lipinski definition) is 2. The summed E-state index contributed by atoms with van der Waals surface area (Å²) in [6.45, 7) is 6.01. The summed E-state index contributed by atoms with van der Waals surface area (Å²) in [6.07, 6.45) is 0.0871.